The second kappa shape index (κ2) is 10.5. The Bertz CT molecular complexity index is 494. The van der Waals surface area contributed by atoms with Gasteiger partial charge in [-0.05, 0) is 6.08 Å². The topological polar surface area (TPSA) is 161 Å². The van der Waals surface area contributed by atoms with Crippen molar-refractivity contribution in [2.24, 2.45) is 5.73 Å². The Hall–Kier alpha value is -3.23. The minimum Gasteiger partial charge on any atom is -0.481 e. The summed E-state index contributed by atoms with van der Waals surface area (Å²) in [5.74, 6) is -5.52. The highest BCUT2D eigenvalue weighted by Crippen LogP contribution is 2.06. The number of carboxylic acid groups (broad SMARTS) is 2. The standard InChI is InChI=1S/C10H10O7.C3H5NO/c1-5(3-7(11)12)9(15)17-10(16)6(2)4-8(13)14;1-2-3(4)5/h1-4H2,(H,11,12)(H,13,14);2H,1H2,(H2,4,5). The summed E-state index contributed by atoms with van der Waals surface area (Å²) < 4.78 is 4.17. The van der Waals surface area contributed by atoms with Gasteiger partial charge >= 0.3 is 23.9 Å². The number of ether oxygens (including phenoxy) is 1. The first kappa shape index (κ1) is 21.1. The smallest absolute Gasteiger partial charge is 0.341 e. The molecule has 0 atom stereocenters. The van der Waals surface area contributed by atoms with E-state index in [1.54, 1.807) is 0 Å². The molecule has 120 valence electrons. The molecule has 0 aromatic heterocycles. The maximum absolute atomic E-state index is 11.1. The summed E-state index contributed by atoms with van der Waals surface area (Å²) >= 11 is 0. The van der Waals surface area contributed by atoms with E-state index in [1.807, 2.05) is 0 Å². The van der Waals surface area contributed by atoms with Crippen molar-refractivity contribution in [3.05, 3.63) is 37.0 Å². The Balaban J connectivity index is 0. The Morgan fingerprint density at radius 1 is 0.909 bits per heavy atom. The maximum Gasteiger partial charge on any atom is 0.341 e. The molecule has 0 heterocycles. The van der Waals surface area contributed by atoms with E-state index in [9.17, 15) is 24.0 Å². The van der Waals surface area contributed by atoms with E-state index in [2.05, 4.69) is 30.2 Å². The van der Waals surface area contributed by atoms with Gasteiger partial charge in [0, 0.05) is 11.1 Å². The van der Waals surface area contributed by atoms with Crippen LogP contribution in [0.5, 0.6) is 0 Å². The average Bonchev–Trinajstić information content (AvgIpc) is 2.37. The highest BCUT2D eigenvalue weighted by molar-refractivity contribution is 6.04. The fourth-order valence-corrected chi connectivity index (χ4v) is 0.738. The van der Waals surface area contributed by atoms with Gasteiger partial charge in [-0.1, -0.05) is 19.7 Å². The van der Waals surface area contributed by atoms with Gasteiger partial charge in [-0.25, -0.2) is 9.59 Å². The summed E-state index contributed by atoms with van der Waals surface area (Å²) in [4.78, 5) is 52.1. The number of esters is 2. The summed E-state index contributed by atoms with van der Waals surface area (Å²) in [6.07, 6.45) is -0.283. The third kappa shape index (κ3) is 11.8. The fourth-order valence-electron chi connectivity index (χ4n) is 0.738. The second-order valence-corrected chi connectivity index (χ2v) is 3.63. The number of hydrogen-bond donors (Lipinski definition) is 3. The van der Waals surface area contributed by atoms with Gasteiger partial charge in [-0.15, -0.1) is 0 Å². The molecule has 0 spiro atoms. The average molecular weight is 313 g/mol. The van der Waals surface area contributed by atoms with Crippen LogP contribution >= 0.6 is 0 Å². The minimum absolute atomic E-state index is 0.422. The third-order valence-corrected chi connectivity index (χ3v) is 1.69. The zero-order valence-electron chi connectivity index (χ0n) is 11.5. The number of hydrogen-bond acceptors (Lipinski definition) is 6. The van der Waals surface area contributed by atoms with Gasteiger partial charge in [0.1, 0.15) is 0 Å². The number of carboxylic acids is 2. The molecule has 4 N–H and O–H groups in total. The minimum atomic E-state index is -1.30. The molecule has 0 bridgehead atoms. The molecule has 1 amide bonds. The van der Waals surface area contributed by atoms with Crippen LogP contribution in [0.25, 0.3) is 0 Å². The van der Waals surface area contributed by atoms with Crippen LogP contribution in [0.15, 0.2) is 37.0 Å². The van der Waals surface area contributed by atoms with E-state index < -0.39 is 53.8 Å². The molecule has 0 aromatic carbocycles. The van der Waals surface area contributed by atoms with Crippen molar-refractivity contribution in [1.29, 1.82) is 0 Å². The first-order valence-electron chi connectivity index (χ1n) is 5.48. The number of aliphatic carboxylic acids is 2. The summed E-state index contributed by atoms with van der Waals surface area (Å²) in [6.45, 7) is 9.31. The van der Waals surface area contributed by atoms with Gasteiger partial charge in [0.05, 0.1) is 12.8 Å². The summed E-state index contributed by atoms with van der Waals surface area (Å²) in [5.41, 5.74) is 3.69. The monoisotopic (exact) mass is 313 g/mol. The van der Waals surface area contributed by atoms with Crippen molar-refractivity contribution in [3.8, 4) is 0 Å². The van der Waals surface area contributed by atoms with E-state index in [1.165, 1.54) is 0 Å². The number of primary amides is 1. The lowest BCUT2D eigenvalue weighted by molar-refractivity contribution is -0.156. The number of rotatable bonds is 7. The summed E-state index contributed by atoms with van der Waals surface area (Å²) in [7, 11) is 0. The van der Waals surface area contributed by atoms with E-state index in [0.717, 1.165) is 6.08 Å². The molecule has 0 aliphatic carbocycles. The Kier molecular flexibility index (Phi) is 10.1. The Morgan fingerprint density at radius 3 is 1.36 bits per heavy atom. The van der Waals surface area contributed by atoms with Crippen LogP contribution < -0.4 is 5.73 Å². The molecule has 0 aliphatic rings. The molecule has 0 rings (SSSR count). The fraction of sp³-hybridized carbons (Fsp3) is 0.154. The predicted molar refractivity (Wildman–Crippen MR) is 73.3 cm³/mol. The largest absolute Gasteiger partial charge is 0.481 e. The lowest BCUT2D eigenvalue weighted by atomic mass is 10.2. The highest BCUT2D eigenvalue weighted by Gasteiger charge is 2.19. The molecule has 0 saturated heterocycles. The molecular weight excluding hydrogens is 298 g/mol. The zero-order chi connectivity index (χ0) is 17.9. The molecule has 22 heavy (non-hydrogen) atoms. The van der Waals surface area contributed by atoms with E-state index in [-0.39, 0.29) is 0 Å². The van der Waals surface area contributed by atoms with Gasteiger partial charge in [0.25, 0.3) is 0 Å². The van der Waals surface area contributed by atoms with E-state index in [4.69, 9.17) is 10.2 Å². The highest BCUT2D eigenvalue weighted by atomic mass is 16.6. The van der Waals surface area contributed by atoms with Gasteiger partial charge in [-0.3, -0.25) is 14.4 Å². The number of nitrogens with two attached hydrogens (primary N) is 1. The quantitative estimate of drug-likeness (QED) is 0.330. The van der Waals surface area contributed by atoms with Crippen LogP contribution in [0.1, 0.15) is 12.8 Å². The van der Waals surface area contributed by atoms with Gasteiger partial charge in [0.2, 0.25) is 5.91 Å². The maximum atomic E-state index is 11.1. The molecule has 0 unspecified atom stereocenters. The second-order valence-electron chi connectivity index (χ2n) is 3.63. The lowest BCUT2D eigenvalue weighted by Crippen LogP contribution is -2.18. The zero-order valence-corrected chi connectivity index (χ0v) is 11.5. The number of amides is 1. The Morgan fingerprint density at radius 2 is 1.18 bits per heavy atom. The van der Waals surface area contributed by atoms with Gasteiger partial charge in [-0.2, -0.15) is 0 Å². The lowest BCUT2D eigenvalue weighted by Gasteiger charge is -2.04. The molecule has 0 aliphatic heterocycles. The first-order valence-corrected chi connectivity index (χ1v) is 5.48. The SMILES string of the molecule is C=C(CC(=O)O)C(=O)OC(=O)C(=C)CC(=O)O.C=CC(N)=O. The molecule has 0 fully saturated rings. The molecule has 9 heteroatoms. The van der Waals surface area contributed by atoms with Crippen LogP contribution in [-0.4, -0.2) is 40.0 Å². The molecule has 9 nitrogen and oxygen atoms in total. The summed E-state index contributed by atoms with van der Waals surface area (Å²) in [5, 5.41) is 16.7. The van der Waals surface area contributed by atoms with E-state index in [0.29, 0.717) is 0 Å². The molecule has 0 aromatic rings. The van der Waals surface area contributed by atoms with Gasteiger partial charge < -0.3 is 20.7 Å². The van der Waals surface area contributed by atoms with Crippen molar-refractivity contribution in [3.63, 3.8) is 0 Å². The van der Waals surface area contributed by atoms with Crippen LogP contribution in [0.4, 0.5) is 0 Å². The molecule has 0 radical (unpaired) electrons. The molecule has 0 saturated carbocycles. The van der Waals surface area contributed by atoms with Crippen molar-refractivity contribution >= 4 is 29.8 Å². The van der Waals surface area contributed by atoms with Crippen LogP contribution in [0.2, 0.25) is 0 Å². The van der Waals surface area contributed by atoms with Crippen molar-refractivity contribution in [2.45, 2.75) is 12.8 Å². The number of carbonyl (C=O) groups is 5. The Labute approximate surface area is 125 Å². The van der Waals surface area contributed by atoms with Gasteiger partial charge in [0.15, 0.2) is 0 Å². The normalized spacial score (nSPS) is 8.55. The van der Waals surface area contributed by atoms with Crippen LogP contribution in [0, 0.1) is 0 Å². The van der Waals surface area contributed by atoms with Crippen molar-refractivity contribution < 1.29 is 38.9 Å². The number of carbonyl (C=O) groups excluding carboxylic acids is 3. The summed E-state index contributed by atoms with van der Waals surface area (Å²) in [6, 6.07) is 0. The van der Waals surface area contributed by atoms with Crippen LogP contribution in [0.3, 0.4) is 0 Å². The van der Waals surface area contributed by atoms with E-state index >= 15 is 0 Å². The predicted octanol–water partition coefficient (Wildman–Crippen LogP) is -0.224. The third-order valence-electron chi connectivity index (χ3n) is 1.69. The molecular formula is C13H15NO8. The van der Waals surface area contributed by atoms with Crippen LogP contribution in [-0.2, 0) is 28.7 Å². The van der Waals surface area contributed by atoms with Crippen molar-refractivity contribution in [1.82, 2.24) is 0 Å². The van der Waals surface area contributed by atoms with Crippen molar-refractivity contribution in [2.75, 3.05) is 0 Å². The first-order chi connectivity index (χ1) is 10.0.